The third-order valence-corrected chi connectivity index (χ3v) is 8.72. The molecule has 1 spiro atoms. The number of anilines is 1. The van der Waals surface area contributed by atoms with Gasteiger partial charge in [-0.15, -0.1) is 11.8 Å². The van der Waals surface area contributed by atoms with Crippen LogP contribution in [-0.4, -0.2) is 48.6 Å². The lowest BCUT2D eigenvalue weighted by molar-refractivity contribution is -0.134. The summed E-state index contributed by atoms with van der Waals surface area (Å²) in [5, 5.41) is 13.6. The molecule has 32 heavy (non-hydrogen) atoms. The first-order chi connectivity index (χ1) is 15.6. The molecule has 0 aliphatic carbocycles. The number of carbonyl (C=O) groups excluding carboxylic acids is 1. The highest BCUT2D eigenvalue weighted by Gasteiger charge is 2.57. The summed E-state index contributed by atoms with van der Waals surface area (Å²) in [6, 6.07) is 11.7. The van der Waals surface area contributed by atoms with Crippen LogP contribution in [0.3, 0.4) is 0 Å². The van der Waals surface area contributed by atoms with Crippen molar-refractivity contribution in [3.8, 4) is 6.07 Å². The maximum absolute atomic E-state index is 13.9. The summed E-state index contributed by atoms with van der Waals surface area (Å²) in [7, 11) is 0. The molecule has 1 amide bonds. The molecular weight excluding hydrogens is 427 g/mol. The molecule has 0 radical (unpaired) electrons. The second-order valence-corrected chi connectivity index (χ2v) is 10.2. The summed E-state index contributed by atoms with van der Waals surface area (Å²) in [5.74, 6) is 0.590. The van der Waals surface area contributed by atoms with Crippen LogP contribution in [0.5, 0.6) is 0 Å². The van der Waals surface area contributed by atoms with E-state index in [1.807, 2.05) is 36.0 Å². The zero-order valence-electron chi connectivity index (χ0n) is 17.3. The lowest BCUT2D eigenvalue weighted by atomic mass is 9.93. The number of thioether (sulfide) groups is 1. The van der Waals surface area contributed by atoms with Crippen molar-refractivity contribution in [2.75, 3.05) is 18.0 Å². The van der Waals surface area contributed by atoms with E-state index < -0.39 is 10.6 Å². The maximum Gasteiger partial charge on any atom is 0.240 e. The van der Waals surface area contributed by atoms with Gasteiger partial charge in [-0.3, -0.25) is 4.79 Å². The quantitative estimate of drug-likeness (QED) is 0.597. The molecule has 3 saturated heterocycles. The Morgan fingerprint density at radius 1 is 1.22 bits per heavy atom. The first kappa shape index (κ1) is 19.6. The number of amides is 1. The minimum Gasteiger partial charge on any atom is -0.356 e. The SMILES string of the molecule is N#Cc1cccc([C@@H]2CC[C@H]3SC4(CCN(c5ccnc6c(F)cnn56)CC4)C(=O)N32)c1. The molecule has 162 valence electrons. The lowest BCUT2D eigenvalue weighted by Gasteiger charge is -2.38. The van der Waals surface area contributed by atoms with Crippen LogP contribution in [0.1, 0.15) is 42.9 Å². The zero-order chi connectivity index (χ0) is 21.9. The number of nitrogens with zero attached hydrogens (tertiary/aromatic N) is 6. The maximum atomic E-state index is 13.9. The van der Waals surface area contributed by atoms with Crippen molar-refractivity contribution >= 4 is 29.1 Å². The number of piperidine rings is 1. The number of fused-ring (bicyclic) bond motifs is 2. The molecule has 5 heterocycles. The Kier molecular flexibility index (Phi) is 4.40. The number of benzene rings is 1. The molecule has 3 fully saturated rings. The lowest BCUT2D eigenvalue weighted by Crippen LogP contribution is -2.48. The summed E-state index contributed by atoms with van der Waals surface area (Å²) >= 11 is 1.82. The normalized spacial score (nSPS) is 24.3. The fraction of sp³-hybridized carbons (Fsp3) is 0.391. The Labute approximate surface area is 188 Å². The molecule has 7 nitrogen and oxygen atoms in total. The standard InChI is InChI=1S/C23H21FN6OS/c24-17-14-27-30-19(6-9-26-21(17)30)28-10-7-23(8-11-28)22(31)29-18(4-5-20(29)32-23)16-3-1-2-15(12-16)13-25/h1-3,6,9,12,14,18,20H,4-5,7-8,10-11H2/t18-,20+/m0/s1. The average Bonchev–Trinajstić information content (AvgIpc) is 3.49. The van der Waals surface area contributed by atoms with Crippen LogP contribution < -0.4 is 4.90 Å². The number of rotatable bonds is 2. The fourth-order valence-electron chi connectivity index (χ4n) is 5.38. The van der Waals surface area contributed by atoms with Crippen LogP contribution in [0.4, 0.5) is 10.2 Å². The number of hydrogen-bond acceptors (Lipinski definition) is 6. The first-order valence-corrected chi connectivity index (χ1v) is 11.7. The van der Waals surface area contributed by atoms with Gasteiger partial charge in [0, 0.05) is 19.3 Å². The highest BCUT2D eigenvalue weighted by molar-refractivity contribution is 8.02. The Morgan fingerprint density at radius 3 is 2.88 bits per heavy atom. The van der Waals surface area contributed by atoms with Crippen LogP contribution in [-0.2, 0) is 4.79 Å². The molecule has 2 atom stereocenters. The predicted octanol–water partition coefficient (Wildman–Crippen LogP) is 3.52. The van der Waals surface area contributed by atoms with Gasteiger partial charge in [0.25, 0.3) is 0 Å². The van der Waals surface area contributed by atoms with Crippen molar-refractivity contribution in [1.82, 2.24) is 19.5 Å². The van der Waals surface area contributed by atoms with Crippen LogP contribution in [0.2, 0.25) is 0 Å². The summed E-state index contributed by atoms with van der Waals surface area (Å²) in [5.41, 5.74) is 1.90. The molecule has 2 aromatic heterocycles. The predicted molar refractivity (Wildman–Crippen MR) is 118 cm³/mol. The van der Waals surface area contributed by atoms with E-state index in [1.54, 1.807) is 12.3 Å². The topological polar surface area (TPSA) is 77.5 Å². The van der Waals surface area contributed by atoms with Gasteiger partial charge in [-0.05, 0) is 49.4 Å². The van der Waals surface area contributed by atoms with E-state index >= 15 is 0 Å². The van der Waals surface area contributed by atoms with E-state index in [9.17, 15) is 14.4 Å². The van der Waals surface area contributed by atoms with E-state index in [0.29, 0.717) is 18.7 Å². The Balaban J connectivity index is 1.23. The zero-order valence-corrected chi connectivity index (χ0v) is 18.1. The fourth-order valence-corrected chi connectivity index (χ4v) is 7.13. The van der Waals surface area contributed by atoms with Gasteiger partial charge >= 0.3 is 0 Å². The second kappa shape index (κ2) is 7.20. The van der Waals surface area contributed by atoms with E-state index in [4.69, 9.17) is 0 Å². The van der Waals surface area contributed by atoms with E-state index in [1.165, 1.54) is 10.7 Å². The molecule has 3 aliphatic heterocycles. The average molecular weight is 449 g/mol. The summed E-state index contributed by atoms with van der Waals surface area (Å²) in [4.78, 5) is 22.0. The van der Waals surface area contributed by atoms with Crippen LogP contribution in [0.25, 0.3) is 5.65 Å². The minimum absolute atomic E-state index is 0.0394. The number of carbonyl (C=O) groups is 1. The van der Waals surface area contributed by atoms with Crippen molar-refractivity contribution in [2.45, 2.75) is 41.8 Å². The van der Waals surface area contributed by atoms with E-state index in [0.717, 1.165) is 37.1 Å². The Hall–Kier alpha value is -3.12. The molecule has 9 heteroatoms. The highest BCUT2D eigenvalue weighted by Crippen LogP contribution is 2.55. The smallest absolute Gasteiger partial charge is 0.240 e. The van der Waals surface area contributed by atoms with Crippen LogP contribution >= 0.6 is 11.8 Å². The van der Waals surface area contributed by atoms with Gasteiger partial charge in [-0.1, -0.05) is 12.1 Å². The minimum atomic E-state index is -0.436. The third kappa shape index (κ3) is 2.82. The number of halogens is 1. The molecular formula is C23H21FN6OS. The molecule has 0 bridgehead atoms. The number of nitriles is 1. The summed E-state index contributed by atoms with van der Waals surface area (Å²) < 4.78 is 15.0. The molecule has 3 aliphatic rings. The van der Waals surface area contributed by atoms with Crippen molar-refractivity contribution in [3.63, 3.8) is 0 Å². The third-order valence-electron chi connectivity index (χ3n) is 6.95. The van der Waals surface area contributed by atoms with Crippen LogP contribution in [0.15, 0.2) is 42.7 Å². The van der Waals surface area contributed by atoms with Crippen molar-refractivity contribution in [2.24, 2.45) is 0 Å². The molecule has 0 unspecified atom stereocenters. The van der Waals surface area contributed by atoms with Gasteiger partial charge in [0.15, 0.2) is 11.5 Å². The Morgan fingerprint density at radius 2 is 2.06 bits per heavy atom. The second-order valence-electron chi connectivity index (χ2n) is 8.63. The van der Waals surface area contributed by atoms with Gasteiger partial charge < -0.3 is 9.80 Å². The highest BCUT2D eigenvalue weighted by atomic mass is 32.2. The van der Waals surface area contributed by atoms with Crippen molar-refractivity contribution in [1.29, 1.82) is 5.26 Å². The van der Waals surface area contributed by atoms with Gasteiger partial charge in [0.2, 0.25) is 5.91 Å². The van der Waals surface area contributed by atoms with Gasteiger partial charge in [0.05, 0.1) is 29.2 Å². The van der Waals surface area contributed by atoms with Crippen molar-refractivity contribution in [3.05, 3.63) is 59.7 Å². The molecule has 3 aromatic rings. The number of hydrogen-bond donors (Lipinski definition) is 0. The van der Waals surface area contributed by atoms with E-state index in [-0.39, 0.29) is 23.0 Å². The molecule has 0 saturated carbocycles. The van der Waals surface area contributed by atoms with E-state index in [2.05, 4.69) is 26.0 Å². The largest absolute Gasteiger partial charge is 0.356 e. The monoisotopic (exact) mass is 448 g/mol. The Bertz CT molecular complexity index is 1260. The van der Waals surface area contributed by atoms with Gasteiger partial charge in [0.1, 0.15) is 10.6 Å². The van der Waals surface area contributed by atoms with Gasteiger partial charge in [-0.2, -0.15) is 14.9 Å². The van der Waals surface area contributed by atoms with Crippen LogP contribution in [0, 0.1) is 17.1 Å². The molecule has 0 N–H and O–H groups in total. The first-order valence-electron chi connectivity index (χ1n) is 10.8. The van der Waals surface area contributed by atoms with Gasteiger partial charge in [-0.25, -0.2) is 9.37 Å². The molecule has 1 aromatic carbocycles. The summed E-state index contributed by atoms with van der Waals surface area (Å²) in [6.07, 6.45) is 6.17. The summed E-state index contributed by atoms with van der Waals surface area (Å²) in [6.45, 7) is 1.41. The van der Waals surface area contributed by atoms with Crippen molar-refractivity contribution < 1.29 is 9.18 Å². The number of aromatic nitrogens is 3. The molecule has 6 rings (SSSR count).